The van der Waals surface area contributed by atoms with Gasteiger partial charge in [0.15, 0.2) is 0 Å². The third-order valence-electron chi connectivity index (χ3n) is 1.38. The Kier molecular flexibility index (Phi) is 3.65. The van der Waals surface area contributed by atoms with Crippen LogP contribution < -0.4 is 5.32 Å². The molecule has 3 nitrogen and oxygen atoms in total. The van der Waals surface area contributed by atoms with Gasteiger partial charge in [-0.25, -0.2) is 4.98 Å². The summed E-state index contributed by atoms with van der Waals surface area (Å²) in [6, 6.07) is 0. The number of aliphatic hydroxyl groups is 1. The van der Waals surface area contributed by atoms with Crippen LogP contribution in [0.3, 0.4) is 0 Å². The number of thiazole rings is 1. The van der Waals surface area contributed by atoms with Gasteiger partial charge in [-0.15, -0.1) is 11.3 Å². The van der Waals surface area contributed by atoms with E-state index in [1.54, 1.807) is 18.3 Å². The van der Waals surface area contributed by atoms with Crippen molar-refractivity contribution >= 4 is 11.3 Å². The van der Waals surface area contributed by atoms with Crippen LogP contribution in [-0.4, -0.2) is 22.7 Å². The first kappa shape index (κ1) is 9.64. The average molecular weight is 186 g/mol. The summed E-state index contributed by atoms with van der Waals surface area (Å²) in [7, 11) is 0. The third-order valence-corrected chi connectivity index (χ3v) is 2.35. The first-order valence-electron chi connectivity index (χ1n) is 3.98. The largest absolute Gasteiger partial charge is 0.392 e. The third kappa shape index (κ3) is 3.30. The maximum absolute atomic E-state index is 8.96. The van der Waals surface area contributed by atoms with Crippen molar-refractivity contribution in [3.63, 3.8) is 0 Å². The quantitative estimate of drug-likeness (QED) is 0.735. The summed E-state index contributed by atoms with van der Waals surface area (Å²) >= 11 is 1.65. The van der Waals surface area contributed by atoms with Gasteiger partial charge in [-0.05, 0) is 13.8 Å². The van der Waals surface area contributed by atoms with Gasteiger partial charge in [0.05, 0.1) is 6.10 Å². The molecule has 0 spiro atoms. The highest BCUT2D eigenvalue weighted by molar-refractivity contribution is 7.09. The second-order valence-electron chi connectivity index (χ2n) is 2.86. The standard InChI is InChI=1S/C8H14N2OS/c1-6-5-12-8(10-6)4-9-3-7(2)11/h5,7,9,11H,3-4H2,1-2H3. The van der Waals surface area contributed by atoms with Gasteiger partial charge in [-0.1, -0.05) is 0 Å². The lowest BCUT2D eigenvalue weighted by molar-refractivity contribution is 0.191. The molecule has 12 heavy (non-hydrogen) atoms. The van der Waals surface area contributed by atoms with E-state index in [9.17, 15) is 0 Å². The van der Waals surface area contributed by atoms with E-state index in [4.69, 9.17) is 5.11 Å². The molecular formula is C8H14N2OS. The van der Waals surface area contributed by atoms with Crippen molar-refractivity contribution in [1.82, 2.24) is 10.3 Å². The minimum Gasteiger partial charge on any atom is -0.392 e. The van der Waals surface area contributed by atoms with Crippen molar-refractivity contribution in [2.75, 3.05) is 6.54 Å². The molecule has 1 aromatic heterocycles. The van der Waals surface area contributed by atoms with E-state index in [1.807, 2.05) is 12.3 Å². The van der Waals surface area contributed by atoms with Crippen molar-refractivity contribution in [2.24, 2.45) is 0 Å². The first-order chi connectivity index (χ1) is 5.68. The molecule has 1 heterocycles. The van der Waals surface area contributed by atoms with Crippen molar-refractivity contribution in [3.05, 3.63) is 16.1 Å². The lowest BCUT2D eigenvalue weighted by Crippen LogP contribution is -2.23. The van der Waals surface area contributed by atoms with E-state index in [2.05, 4.69) is 10.3 Å². The van der Waals surface area contributed by atoms with E-state index in [1.165, 1.54) is 0 Å². The monoisotopic (exact) mass is 186 g/mol. The molecule has 0 aliphatic heterocycles. The van der Waals surface area contributed by atoms with Crippen LogP contribution in [0.2, 0.25) is 0 Å². The Morgan fingerprint density at radius 2 is 2.50 bits per heavy atom. The van der Waals surface area contributed by atoms with Gasteiger partial charge in [0, 0.05) is 24.2 Å². The van der Waals surface area contributed by atoms with Gasteiger partial charge < -0.3 is 10.4 Å². The number of nitrogens with one attached hydrogen (secondary N) is 1. The van der Waals surface area contributed by atoms with Crippen molar-refractivity contribution in [2.45, 2.75) is 26.5 Å². The van der Waals surface area contributed by atoms with Crippen molar-refractivity contribution < 1.29 is 5.11 Å². The van der Waals surface area contributed by atoms with Crippen LogP contribution in [0.15, 0.2) is 5.38 Å². The molecule has 0 aliphatic carbocycles. The summed E-state index contributed by atoms with van der Waals surface area (Å²) in [5.41, 5.74) is 1.06. The average Bonchev–Trinajstić information content (AvgIpc) is 2.35. The molecule has 1 rings (SSSR count). The first-order valence-corrected chi connectivity index (χ1v) is 4.86. The van der Waals surface area contributed by atoms with E-state index in [-0.39, 0.29) is 6.10 Å². The summed E-state index contributed by atoms with van der Waals surface area (Å²) < 4.78 is 0. The number of aryl methyl sites for hydroxylation is 1. The molecule has 0 radical (unpaired) electrons. The van der Waals surface area contributed by atoms with Crippen molar-refractivity contribution in [3.8, 4) is 0 Å². The number of aliphatic hydroxyl groups excluding tert-OH is 1. The predicted molar refractivity (Wildman–Crippen MR) is 50.2 cm³/mol. The molecule has 0 saturated carbocycles. The molecule has 0 aromatic carbocycles. The van der Waals surface area contributed by atoms with Gasteiger partial charge in [-0.3, -0.25) is 0 Å². The molecule has 1 unspecified atom stereocenters. The molecule has 1 atom stereocenters. The zero-order valence-corrected chi connectivity index (χ0v) is 8.19. The summed E-state index contributed by atoms with van der Waals surface area (Å²) in [4.78, 5) is 4.28. The Morgan fingerprint density at radius 3 is 3.00 bits per heavy atom. The normalized spacial score (nSPS) is 13.2. The van der Waals surface area contributed by atoms with Crippen LogP contribution in [0.4, 0.5) is 0 Å². The minimum absolute atomic E-state index is 0.286. The van der Waals surface area contributed by atoms with Gasteiger partial charge in [0.1, 0.15) is 5.01 Å². The summed E-state index contributed by atoms with van der Waals surface area (Å²) in [5.74, 6) is 0. The fourth-order valence-corrected chi connectivity index (χ4v) is 1.61. The zero-order valence-electron chi connectivity index (χ0n) is 7.37. The smallest absolute Gasteiger partial charge is 0.107 e. The molecule has 0 amide bonds. The molecule has 68 valence electrons. The highest BCUT2D eigenvalue weighted by Crippen LogP contribution is 2.07. The Morgan fingerprint density at radius 1 is 1.75 bits per heavy atom. The van der Waals surface area contributed by atoms with Crippen LogP contribution >= 0.6 is 11.3 Å². The van der Waals surface area contributed by atoms with Crippen molar-refractivity contribution in [1.29, 1.82) is 0 Å². The second-order valence-corrected chi connectivity index (χ2v) is 3.81. The van der Waals surface area contributed by atoms with Crippen LogP contribution in [0, 0.1) is 6.92 Å². The molecule has 1 aromatic rings. The fraction of sp³-hybridized carbons (Fsp3) is 0.625. The summed E-state index contributed by atoms with van der Waals surface area (Å²) in [6.45, 7) is 5.12. The topological polar surface area (TPSA) is 45.1 Å². The number of nitrogens with zero attached hydrogens (tertiary/aromatic N) is 1. The van der Waals surface area contributed by atoms with E-state index < -0.39 is 0 Å². The highest BCUT2D eigenvalue weighted by atomic mass is 32.1. The highest BCUT2D eigenvalue weighted by Gasteiger charge is 1.98. The van der Waals surface area contributed by atoms with Gasteiger partial charge in [0.2, 0.25) is 0 Å². The molecule has 0 fully saturated rings. The molecule has 0 bridgehead atoms. The SMILES string of the molecule is Cc1csc(CNCC(C)O)n1. The molecule has 0 aliphatic rings. The van der Waals surface area contributed by atoms with E-state index >= 15 is 0 Å². The Hall–Kier alpha value is -0.450. The van der Waals surface area contributed by atoms with Gasteiger partial charge in [0.25, 0.3) is 0 Å². The number of hydrogen-bond donors (Lipinski definition) is 2. The minimum atomic E-state index is -0.286. The lowest BCUT2D eigenvalue weighted by Gasteiger charge is -2.03. The van der Waals surface area contributed by atoms with Crippen LogP contribution in [0.25, 0.3) is 0 Å². The fourth-order valence-electron chi connectivity index (χ4n) is 0.872. The second kappa shape index (κ2) is 4.54. The Balaban J connectivity index is 2.24. The molecule has 4 heteroatoms. The number of hydrogen-bond acceptors (Lipinski definition) is 4. The number of rotatable bonds is 4. The van der Waals surface area contributed by atoms with E-state index in [0.717, 1.165) is 17.2 Å². The maximum Gasteiger partial charge on any atom is 0.107 e. The van der Waals surface area contributed by atoms with Gasteiger partial charge in [-0.2, -0.15) is 0 Å². The Bertz CT molecular complexity index is 235. The summed E-state index contributed by atoms with van der Waals surface area (Å²) in [5, 5.41) is 15.2. The van der Waals surface area contributed by atoms with Crippen LogP contribution in [0.5, 0.6) is 0 Å². The molecule has 2 N–H and O–H groups in total. The Labute approximate surface area is 76.5 Å². The van der Waals surface area contributed by atoms with Gasteiger partial charge >= 0.3 is 0 Å². The zero-order chi connectivity index (χ0) is 8.97. The predicted octanol–water partition coefficient (Wildman–Crippen LogP) is 0.922. The lowest BCUT2D eigenvalue weighted by atomic mass is 10.4. The van der Waals surface area contributed by atoms with E-state index in [0.29, 0.717) is 6.54 Å². The number of aromatic nitrogens is 1. The summed E-state index contributed by atoms with van der Waals surface area (Å²) in [6.07, 6.45) is -0.286. The van der Waals surface area contributed by atoms with Crippen LogP contribution in [0.1, 0.15) is 17.6 Å². The van der Waals surface area contributed by atoms with Crippen LogP contribution in [-0.2, 0) is 6.54 Å². The maximum atomic E-state index is 8.96. The molecule has 0 saturated heterocycles. The molecular weight excluding hydrogens is 172 g/mol.